The van der Waals surface area contributed by atoms with Crippen molar-refractivity contribution in [1.29, 1.82) is 0 Å². The van der Waals surface area contributed by atoms with Crippen molar-refractivity contribution in [2.75, 3.05) is 13.2 Å². The Labute approximate surface area is 173 Å². The number of carbonyl (C=O) groups is 2. The Hall–Kier alpha value is -1.93. The molecule has 29 heavy (non-hydrogen) atoms. The molecule has 0 aromatic carbocycles. The van der Waals surface area contributed by atoms with E-state index in [0.29, 0.717) is 24.1 Å². The molecule has 0 amide bonds. The van der Waals surface area contributed by atoms with Crippen LogP contribution in [0.4, 0.5) is 0 Å². The summed E-state index contributed by atoms with van der Waals surface area (Å²) in [5, 5.41) is 33.2. The van der Waals surface area contributed by atoms with Gasteiger partial charge in [0.2, 0.25) is 0 Å². The molecule has 2 rings (SSSR count). The summed E-state index contributed by atoms with van der Waals surface area (Å²) in [6, 6.07) is 0. The summed E-state index contributed by atoms with van der Waals surface area (Å²) in [5.74, 6) is -1.78. The van der Waals surface area contributed by atoms with E-state index in [-0.39, 0.29) is 17.6 Å². The van der Waals surface area contributed by atoms with E-state index in [4.69, 9.17) is 15.1 Å². The molecule has 0 aromatic heterocycles. The molecule has 2 aliphatic rings. The predicted molar refractivity (Wildman–Crippen MR) is 111 cm³/mol. The number of β-amino-alcohol motifs (C(OH)–C–C–N with tert-alkyl or cyclic N) is 1. The quantitative estimate of drug-likeness (QED) is 0.374. The van der Waals surface area contributed by atoms with Crippen LogP contribution in [0.15, 0.2) is 17.3 Å². The smallest absolute Gasteiger partial charge is 0.328 e. The van der Waals surface area contributed by atoms with Gasteiger partial charge in [-0.25, -0.2) is 9.59 Å². The number of fused-ring (bicyclic) bond motifs is 2. The third-order valence-corrected chi connectivity index (χ3v) is 6.19. The lowest BCUT2D eigenvalue weighted by atomic mass is 9.70. The van der Waals surface area contributed by atoms with Crippen molar-refractivity contribution in [3.05, 3.63) is 12.2 Å². The molecule has 8 heteroatoms. The summed E-state index contributed by atoms with van der Waals surface area (Å²) in [7, 11) is 0. The molecule has 0 aromatic rings. The first-order valence-electron chi connectivity index (χ1n) is 9.95. The molecular weight excluding hydrogens is 376 g/mol. The zero-order chi connectivity index (χ0) is 22.5. The van der Waals surface area contributed by atoms with Gasteiger partial charge in [0.05, 0.1) is 5.71 Å². The zero-order valence-electron chi connectivity index (χ0n) is 18.4. The van der Waals surface area contributed by atoms with E-state index < -0.39 is 18.0 Å². The first kappa shape index (κ1) is 25.1. The molecule has 3 unspecified atom stereocenters. The van der Waals surface area contributed by atoms with E-state index in [2.05, 4.69) is 52.0 Å². The van der Waals surface area contributed by atoms with Crippen LogP contribution in [0.1, 0.15) is 60.8 Å². The van der Waals surface area contributed by atoms with Crippen LogP contribution in [0.5, 0.6) is 0 Å². The van der Waals surface area contributed by atoms with Gasteiger partial charge in [-0.15, -0.1) is 0 Å². The molecule has 0 heterocycles. The molecule has 0 saturated heterocycles. The average Bonchev–Trinajstić information content (AvgIpc) is 2.91. The molecule has 0 radical (unpaired) electrons. The third-order valence-electron chi connectivity index (χ3n) is 6.19. The molecule has 4 N–H and O–H groups in total. The molecule has 166 valence electrons. The Bertz CT molecular complexity index is 634. The minimum Gasteiger partial charge on any atom is -0.478 e. The van der Waals surface area contributed by atoms with Crippen molar-refractivity contribution in [2.24, 2.45) is 21.9 Å². The molecule has 2 bridgehead atoms. The summed E-state index contributed by atoms with van der Waals surface area (Å²) in [4.78, 5) is 24.6. The number of aliphatic hydroxyl groups excluding tert-OH is 1. The number of oxime groups is 1. The molecular formula is C21H36N2O6. The number of carboxylic acid groups (broad SMARTS) is 2. The van der Waals surface area contributed by atoms with Gasteiger partial charge in [-0.3, -0.25) is 0 Å². The molecule has 2 saturated carbocycles. The fraction of sp³-hybridized carbons (Fsp3) is 0.762. The summed E-state index contributed by atoms with van der Waals surface area (Å²) in [5.41, 5.74) is 1.70. The summed E-state index contributed by atoms with van der Waals surface area (Å²) in [6.07, 6.45) is 4.17. The van der Waals surface area contributed by atoms with Gasteiger partial charge < -0.3 is 25.5 Å². The second-order valence-corrected chi connectivity index (χ2v) is 9.62. The molecule has 0 spiro atoms. The maximum atomic E-state index is 9.93. The lowest BCUT2D eigenvalue weighted by molar-refractivity contribution is -0.134. The molecule has 8 nitrogen and oxygen atoms in total. The van der Waals surface area contributed by atoms with Gasteiger partial charge in [0.15, 0.2) is 0 Å². The Morgan fingerprint density at radius 3 is 2.17 bits per heavy atom. The van der Waals surface area contributed by atoms with Crippen LogP contribution in [0.3, 0.4) is 0 Å². The first-order chi connectivity index (χ1) is 13.2. The monoisotopic (exact) mass is 412 g/mol. The summed E-state index contributed by atoms with van der Waals surface area (Å²) < 4.78 is 0. The lowest BCUT2D eigenvalue weighted by Gasteiger charge is -2.34. The number of nitrogens with zero attached hydrogens (tertiary/aromatic N) is 1. The van der Waals surface area contributed by atoms with E-state index >= 15 is 0 Å². The van der Waals surface area contributed by atoms with Crippen LogP contribution in [0, 0.1) is 16.7 Å². The maximum Gasteiger partial charge on any atom is 0.328 e. The van der Waals surface area contributed by atoms with Crippen molar-refractivity contribution < 1.29 is 29.7 Å². The molecule has 2 fully saturated rings. The first-order valence-corrected chi connectivity index (χ1v) is 9.95. The Kier molecular flexibility index (Phi) is 8.41. The zero-order valence-corrected chi connectivity index (χ0v) is 18.4. The minimum atomic E-state index is -1.26. The highest BCUT2D eigenvalue weighted by Crippen LogP contribution is 2.63. The highest BCUT2D eigenvalue weighted by Gasteiger charge is 2.60. The minimum absolute atomic E-state index is 0.00891. The topological polar surface area (TPSA) is 128 Å². The summed E-state index contributed by atoms with van der Waals surface area (Å²) in [6.45, 7) is 14.1. The second kappa shape index (κ2) is 9.71. The number of nitrogens with one attached hydrogen (secondary N) is 1. The number of hydrogen-bond acceptors (Lipinski definition) is 6. The molecule has 0 aliphatic heterocycles. The van der Waals surface area contributed by atoms with Crippen LogP contribution in [0.2, 0.25) is 0 Å². The molecule has 2 aliphatic carbocycles. The Morgan fingerprint density at radius 2 is 1.79 bits per heavy atom. The SMILES string of the molecule is CC(C)(C)NCC(O)CO/N=C1\CC2CCC1(C)C2(C)C.O=C(O)/C=C\C(=O)O. The van der Waals surface area contributed by atoms with Gasteiger partial charge in [-0.1, -0.05) is 25.9 Å². The van der Waals surface area contributed by atoms with Gasteiger partial charge in [0.25, 0.3) is 0 Å². The van der Waals surface area contributed by atoms with E-state index in [1.165, 1.54) is 18.6 Å². The fourth-order valence-electron chi connectivity index (χ4n) is 3.89. The average molecular weight is 413 g/mol. The van der Waals surface area contributed by atoms with Gasteiger partial charge >= 0.3 is 11.9 Å². The number of carboxylic acids is 2. The van der Waals surface area contributed by atoms with Crippen LogP contribution >= 0.6 is 0 Å². The number of aliphatic carboxylic acids is 2. The van der Waals surface area contributed by atoms with Gasteiger partial charge in [0, 0.05) is 29.7 Å². The van der Waals surface area contributed by atoms with Crippen molar-refractivity contribution in [1.82, 2.24) is 5.32 Å². The fourth-order valence-corrected chi connectivity index (χ4v) is 3.89. The largest absolute Gasteiger partial charge is 0.478 e. The van der Waals surface area contributed by atoms with E-state index in [1.807, 2.05) is 0 Å². The van der Waals surface area contributed by atoms with Crippen molar-refractivity contribution in [3.8, 4) is 0 Å². The normalized spacial score (nSPS) is 27.6. The summed E-state index contributed by atoms with van der Waals surface area (Å²) >= 11 is 0. The highest BCUT2D eigenvalue weighted by molar-refractivity contribution is 5.93. The Morgan fingerprint density at radius 1 is 1.24 bits per heavy atom. The van der Waals surface area contributed by atoms with Crippen molar-refractivity contribution in [3.63, 3.8) is 0 Å². The highest BCUT2D eigenvalue weighted by atomic mass is 16.6. The van der Waals surface area contributed by atoms with Crippen LogP contribution in [-0.2, 0) is 14.4 Å². The van der Waals surface area contributed by atoms with E-state index in [0.717, 1.165) is 12.3 Å². The second-order valence-electron chi connectivity index (χ2n) is 9.62. The van der Waals surface area contributed by atoms with Crippen molar-refractivity contribution in [2.45, 2.75) is 72.4 Å². The van der Waals surface area contributed by atoms with Crippen LogP contribution < -0.4 is 5.32 Å². The van der Waals surface area contributed by atoms with Crippen LogP contribution in [0.25, 0.3) is 0 Å². The molecule has 3 atom stereocenters. The lowest BCUT2D eigenvalue weighted by Crippen LogP contribution is -2.42. The van der Waals surface area contributed by atoms with Crippen LogP contribution in [-0.4, -0.2) is 57.8 Å². The maximum absolute atomic E-state index is 9.93. The standard InChI is InChI=1S/C17H32N2O2.C4H4O4/c1-15(2,3)18-10-13(20)11-21-19-14-9-12-7-8-17(14,6)16(12,4)5;5-3(6)1-2-4(7)8/h12-13,18,20H,7-11H2,1-6H3;1-2H,(H,5,6)(H,7,8)/b19-14+;2-1-. The van der Waals surface area contributed by atoms with E-state index in [9.17, 15) is 14.7 Å². The number of hydrogen-bond donors (Lipinski definition) is 4. The number of aliphatic hydroxyl groups is 1. The van der Waals surface area contributed by atoms with Gasteiger partial charge in [-0.05, 0) is 51.4 Å². The number of rotatable bonds is 7. The predicted octanol–water partition coefficient (Wildman–Crippen LogP) is 2.67. The third kappa shape index (κ3) is 7.12. The van der Waals surface area contributed by atoms with Gasteiger partial charge in [-0.2, -0.15) is 0 Å². The Balaban J connectivity index is 0.000000447. The van der Waals surface area contributed by atoms with E-state index in [1.54, 1.807) is 0 Å². The van der Waals surface area contributed by atoms with Crippen molar-refractivity contribution >= 4 is 17.7 Å². The van der Waals surface area contributed by atoms with Gasteiger partial charge in [0.1, 0.15) is 12.7 Å².